The predicted molar refractivity (Wildman–Crippen MR) is 136 cm³/mol. The number of benzene rings is 2. The number of hydrogen-bond donors (Lipinski definition) is 2. The Hall–Kier alpha value is -3.37. The largest absolute Gasteiger partial charge is 0.616 e. The highest BCUT2D eigenvalue weighted by atomic mass is 32.2. The van der Waals surface area contributed by atoms with E-state index in [2.05, 4.69) is 15.2 Å². The first-order chi connectivity index (χ1) is 16.8. The van der Waals surface area contributed by atoms with Crippen molar-refractivity contribution >= 4 is 50.6 Å². The van der Waals surface area contributed by atoms with Crippen LogP contribution in [0, 0.1) is 0 Å². The second kappa shape index (κ2) is 7.82. The number of aromatic amines is 2. The molecule has 4 heterocycles. The number of amides is 2. The first kappa shape index (κ1) is 22.1. The smallest absolute Gasteiger partial charge is 0.254 e. The van der Waals surface area contributed by atoms with Gasteiger partial charge in [0.15, 0.2) is 5.82 Å². The van der Waals surface area contributed by atoms with Crippen LogP contribution in [0.2, 0.25) is 0 Å². The number of carbonyl (C=O) groups is 2. The second-order valence-electron chi connectivity index (χ2n) is 9.62. The minimum Gasteiger partial charge on any atom is -0.616 e. The average molecular weight is 491 g/mol. The summed E-state index contributed by atoms with van der Waals surface area (Å²) in [7, 11) is 0. The molecule has 180 valence electrons. The van der Waals surface area contributed by atoms with Crippen molar-refractivity contribution in [2.24, 2.45) is 0 Å². The molecule has 1 fully saturated rings. The number of H-pyrrole nitrogens is 2. The molecule has 4 aromatic rings. The molecular formula is C25H26N6O3S. The Morgan fingerprint density at radius 1 is 1.17 bits per heavy atom. The zero-order chi connectivity index (χ0) is 24.5. The van der Waals surface area contributed by atoms with Gasteiger partial charge in [0, 0.05) is 17.5 Å². The van der Waals surface area contributed by atoms with Gasteiger partial charge in [-0.3, -0.25) is 14.7 Å². The molecule has 10 heteroatoms. The quantitative estimate of drug-likeness (QED) is 0.428. The summed E-state index contributed by atoms with van der Waals surface area (Å²) in [4.78, 5) is 37.7. The Kier molecular flexibility index (Phi) is 4.94. The summed E-state index contributed by atoms with van der Waals surface area (Å²) in [6.07, 6.45) is 0. The summed E-state index contributed by atoms with van der Waals surface area (Å²) >= 11 is -0.839. The molecule has 0 bridgehead atoms. The number of carbonyl (C=O) groups excluding carboxylic acids is 2. The molecule has 0 aliphatic carbocycles. The van der Waals surface area contributed by atoms with Gasteiger partial charge in [-0.1, -0.05) is 11.2 Å². The predicted octanol–water partition coefficient (Wildman–Crippen LogP) is 2.95. The van der Waals surface area contributed by atoms with E-state index in [1.54, 1.807) is 11.0 Å². The normalized spacial score (nSPS) is 18.1. The number of likely N-dealkylation sites (N-methyl/N-ethyl adjacent to an activating group) is 1. The molecule has 35 heavy (non-hydrogen) atoms. The Bertz CT molecular complexity index is 1500. The SMILES string of the molecule is CCN1C(=O)C(C)(C)c2cc3nc(-c4n[nH]c5ccc(C(=O)N6CC[S+]([O-])CC6)cc45)[nH]c3cc21. The van der Waals surface area contributed by atoms with Crippen LogP contribution in [0.3, 0.4) is 0 Å². The summed E-state index contributed by atoms with van der Waals surface area (Å²) in [5, 5.41) is 8.32. The molecule has 2 aromatic carbocycles. The van der Waals surface area contributed by atoms with Crippen LogP contribution in [0.5, 0.6) is 0 Å². The lowest BCUT2D eigenvalue weighted by molar-refractivity contribution is -0.122. The molecule has 0 unspecified atom stereocenters. The summed E-state index contributed by atoms with van der Waals surface area (Å²) in [6, 6.07) is 9.46. The lowest BCUT2D eigenvalue weighted by Crippen LogP contribution is -2.43. The number of rotatable bonds is 3. The van der Waals surface area contributed by atoms with Gasteiger partial charge in [0.05, 0.1) is 40.7 Å². The van der Waals surface area contributed by atoms with Gasteiger partial charge in [-0.15, -0.1) is 0 Å². The lowest BCUT2D eigenvalue weighted by atomic mass is 9.86. The van der Waals surface area contributed by atoms with Crippen molar-refractivity contribution in [1.29, 1.82) is 0 Å². The van der Waals surface area contributed by atoms with E-state index < -0.39 is 16.6 Å². The zero-order valence-electron chi connectivity index (χ0n) is 19.8. The summed E-state index contributed by atoms with van der Waals surface area (Å²) < 4.78 is 11.7. The van der Waals surface area contributed by atoms with Gasteiger partial charge in [-0.25, -0.2) is 4.98 Å². The molecule has 1 saturated heterocycles. The van der Waals surface area contributed by atoms with E-state index >= 15 is 0 Å². The van der Waals surface area contributed by atoms with Crippen LogP contribution < -0.4 is 4.90 Å². The molecule has 2 aromatic heterocycles. The van der Waals surface area contributed by atoms with Crippen molar-refractivity contribution < 1.29 is 14.1 Å². The Labute approximate surface area is 205 Å². The minimum absolute atomic E-state index is 0.0664. The monoisotopic (exact) mass is 490 g/mol. The Balaban J connectivity index is 1.40. The van der Waals surface area contributed by atoms with Crippen molar-refractivity contribution in [3.8, 4) is 11.5 Å². The van der Waals surface area contributed by atoms with E-state index in [9.17, 15) is 14.1 Å². The number of hydrogen-bond acceptors (Lipinski definition) is 5. The summed E-state index contributed by atoms with van der Waals surface area (Å²) in [5.41, 5.74) is 4.88. The molecule has 0 radical (unpaired) electrons. The first-order valence-corrected chi connectivity index (χ1v) is 13.3. The van der Waals surface area contributed by atoms with E-state index in [0.717, 1.165) is 33.2 Å². The second-order valence-corrected chi connectivity index (χ2v) is 11.3. The van der Waals surface area contributed by atoms with Gasteiger partial charge in [-0.05, 0) is 56.7 Å². The van der Waals surface area contributed by atoms with E-state index in [-0.39, 0.29) is 11.8 Å². The standard InChI is InChI=1S/C25H26N6O3S/c1-4-31-20-13-19-18(12-16(20)25(2,3)24(31)33)26-22(27-19)21-15-11-14(5-6-17(15)28-29-21)23(32)30-7-9-35(34)10-8-30/h5-6,11-13H,4,7-10H2,1-3H3,(H,26,27)(H,28,29). The van der Waals surface area contributed by atoms with Crippen LogP contribution in [0.1, 0.15) is 36.7 Å². The van der Waals surface area contributed by atoms with Crippen molar-refractivity contribution in [3.63, 3.8) is 0 Å². The number of imidazole rings is 1. The maximum absolute atomic E-state index is 13.1. The highest BCUT2D eigenvalue weighted by Gasteiger charge is 2.43. The molecule has 0 spiro atoms. The zero-order valence-corrected chi connectivity index (χ0v) is 20.7. The van der Waals surface area contributed by atoms with Crippen molar-refractivity contribution in [1.82, 2.24) is 25.1 Å². The average Bonchev–Trinajstić information content (AvgIpc) is 3.51. The van der Waals surface area contributed by atoms with Crippen LogP contribution >= 0.6 is 0 Å². The van der Waals surface area contributed by atoms with Gasteiger partial charge in [0.1, 0.15) is 17.2 Å². The third-order valence-corrected chi connectivity index (χ3v) is 8.43. The molecule has 0 saturated carbocycles. The molecule has 6 rings (SSSR count). The molecule has 2 amide bonds. The van der Waals surface area contributed by atoms with Gasteiger partial charge in [0.2, 0.25) is 5.91 Å². The fourth-order valence-corrected chi connectivity index (χ4v) is 6.16. The van der Waals surface area contributed by atoms with Crippen LogP contribution in [0.15, 0.2) is 30.3 Å². The summed E-state index contributed by atoms with van der Waals surface area (Å²) in [6.45, 7) is 7.48. The number of nitrogens with one attached hydrogen (secondary N) is 2. The highest BCUT2D eigenvalue weighted by Crippen LogP contribution is 2.43. The highest BCUT2D eigenvalue weighted by molar-refractivity contribution is 7.91. The van der Waals surface area contributed by atoms with Crippen LogP contribution in [0.25, 0.3) is 33.5 Å². The number of aromatic nitrogens is 4. The first-order valence-electron chi connectivity index (χ1n) is 11.8. The van der Waals surface area contributed by atoms with Crippen LogP contribution in [-0.2, 0) is 21.4 Å². The maximum Gasteiger partial charge on any atom is 0.254 e. The van der Waals surface area contributed by atoms with E-state index in [1.807, 2.05) is 49.9 Å². The fourth-order valence-electron chi connectivity index (χ4n) is 5.11. The number of nitrogens with zero attached hydrogens (tertiary/aromatic N) is 4. The van der Waals surface area contributed by atoms with E-state index in [4.69, 9.17) is 4.98 Å². The maximum atomic E-state index is 13.1. The Morgan fingerprint density at radius 2 is 1.94 bits per heavy atom. The molecule has 2 aliphatic rings. The minimum atomic E-state index is -0.839. The van der Waals surface area contributed by atoms with E-state index in [1.165, 1.54) is 0 Å². The van der Waals surface area contributed by atoms with Gasteiger partial charge in [0.25, 0.3) is 5.91 Å². The third kappa shape index (κ3) is 3.35. The van der Waals surface area contributed by atoms with Crippen LogP contribution in [-0.4, -0.2) is 72.6 Å². The number of anilines is 1. The molecule has 0 atom stereocenters. The number of fused-ring (bicyclic) bond motifs is 3. The molecule has 2 N–H and O–H groups in total. The van der Waals surface area contributed by atoms with E-state index in [0.29, 0.717) is 48.2 Å². The van der Waals surface area contributed by atoms with Gasteiger partial charge >= 0.3 is 0 Å². The van der Waals surface area contributed by atoms with Gasteiger partial charge in [-0.2, -0.15) is 5.10 Å². The fraction of sp³-hybridized carbons (Fsp3) is 0.360. The molecule has 2 aliphatic heterocycles. The molecule has 9 nitrogen and oxygen atoms in total. The van der Waals surface area contributed by atoms with Crippen molar-refractivity contribution in [2.45, 2.75) is 26.2 Å². The summed E-state index contributed by atoms with van der Waals surface area (Å²) in [5.74, 6) is 1.67. The van der Waals surface area contributed by atoms with Crippen molar-refractivity contribution in [3.05, 3.63) is 41.5 Å². The third-order valence-electron chi connectivity index (χ3n) is 7.16. The van der Waals surface area contributed by atoms with Crippen LogP contribution in [0.4, 0.5) is 5.69 Å². The molecular weight excluding hydrogens is 464 g/mol. The Morgan fingerprint density at radius 3 is 2.69 bits per heavy atom. The lowest BCUT2D eigenvalue weighted by Gasteiger charge is -2.28. The van der Waals surface area contributed by atoms with Crippen molar-refractivity contribution in [2.75, 3.05) is 36.0 Å². The van der Waals surface area contributed by atoms with Gasteiger partial charge < -0.3 is 19.3 Å². The topological polar surface area (TPSA) is 121 Å².